The third kappa shape index (κ3) is 4.13. The Kier molecular flexibility index (Phi) is 5.79. The van der Waals surface area contributed by atoms with Gasteiger partial charge in [-0.25, -0.2) is 8.42 Å². The fourth-order valence-corrected chi connectivity index (χ4v) is 4.81. The van der Waals surface area contributed by atoms with Gasteiger partial charge in [0.1, 0.15) is 17.2 Å². The number of para-hydroxylation sites is 1. The molecule has 1 aromatic heterocycles. The summed E-state index contributed by atoms with van der Waals surface area (Å²) in [5.74, 6) is 0.211. The van der Waals surface area contributed by atoms with Gasteiger partial charge in [-0.05, 0) is 36.4 Å². The van der Waals surface area contributed by atoms with E-state index in [-0.39, 0.29) is 27.6 Å². The van der Waals surface area contributed by atoms with E-state index in [2.05, 4.69) is 5.32 Å². The van der Waals surface area contributed by atoms with E-state index in [1.165, 1.54) is 30.0 Å². The molecule has 7 nitrogen and oxygen atoms in total. The maximum absolute atomic E-state index is 13.2. The molecular formula is C24H20N2O5S. The van der Waals surface area contributed by atoms with Crippen molar-refractivity contribution in [2.75, 3.05) is 12.4 Å². The predicted octanol–water partition coefficient (Wildman–Crippen LogP) is 3.48. The number of aromatic nitrogens is 1. The number of fused-ring (bicyclic) bond motifs is 1. The quantitative estimate of drug-likeness (QED) is 0.487. The van der Waals surface area contributed by atoms with E-state index in [1.54, 1.807) is 66.7 Å². The zero-order chi connectivity index (χ0) is 22.7. The first-order chi connectivity index (χ1) is 15.4. The highest BCUT2D eigenvalue weighted by molar-refractivity contribution is 7.91. The number of carbonyl (C=O) groups is 1. The van der Waals surface area contributed by atoms with Gasteiger partial charge in [0.2, 0.25) is 21.2 Å². The average molecular weight is 449 g/mol. The first-order valence-corrected chi connectivity index (χ1v) is 11.2. The molecule has 162 valence electrons. The first-order valence-electron chi connectivity index (χ1n) is 9.76. The van der Waals surface area contributed by atoms with Crippen LogP contribution in [0.2, 0.25) is 0 Å². The maximum Gasteiger partial charge on any atom is 0.244 e. The number of nitrogens with one attached hydrogen (secondary N) is 1. The highest BCUT2D eigenvalue weighted by atomic mass is 32.2. The molecule has 32 heavy (non-hydrogen) atoms. The molecule has 4 aromatic rings. The van der Waals surface area contributed by atoms with Crippen LogP contribution in [0.1, 0.15) is 0 Å². The number of nitrogens with zero attached hydrogens (tertiary/aromatic N) is 1. The number of carbonyl (C=O) groups excluding carboxylic acids is 1. The molecule has 4 rings (SSSR count). The minimum absolute atomic E-state index is 0.0137. The lowest BCUT2D eigenvalue weighted by Crippen LogP contribution is -2.23. The smallest absolute Gasteiger partial charge is 0.244 e. The highest BCUT2D eigenvalue weighted by Gasteiger charge is 2.24. The molecule has 1 amide bonds. The summed E-state index contributed by atoms with van der Waals surface area (Å²) in [6.07, 6.45) is 1.23. The number of benzene rings is 3. The third-order valence-corrected chi connectivity index (χ3v) is 6.73. The summed E-state index contributed by atoms with van der Waals surface area (Å²) in [6, 6.07) is 21.2. The fourth-order valence-electron chi connectivity index (χ4n) is 3.42. The average Bonchev–Trinajstić information content (AvgIpc) is 2.81. The van der Waals surface area contributed by atoms with E-state index < -0.39 is 15.3 Å². The Bertz CT molecular complexity index is 1460. The second-order valence-electron chi connectivity index (χ2n) is 7.06. The Morgan fingerprint density at radius 1 is 0.969 bits per heavy atom. The van der Waals surface area contributed by atoms with E-state index in [0.717, 1.165) is 0 Å². The Balaban J connectivity index is 1.77. The lowest BCUT2D eigenvalue weighted by atomic mass is 10.2. The van der Waals surface area contributed by atoms with Crippen LogP contribution in [0.25, 0.3) is 10.9 Å². The molecule has 0 radical (unpaired) electrons. The van der Waals surface area contributed by atoms with E-state index in [4.69, 9.17) is 4.74 Å². The van der Waals surface area contributed by atoms with E-state index in [9.17, 15) is 18.0 Å². The van der Waals surface area contributed by atoms with Crippen molar-refractivity contribution in [2.45, 2.75) is 16.3 Å². The molecule has 3 aromatic carbocycles. The number of ether oxygens (including phenoxy) is 1. The summed E-state index contributed by atoms with van der Waals surface area (Å²) in [7, 11) is -2.54. The monoisotopic (exact) mass is 448 g/mol. The lowest BCUT2D eigenvalue weighted by Gasteiger charge is -2.14. The topological polar surface area (TPSA) is 94.5 Å². The van der Waals surface area contributed by atoms with E-state index in [0.29, 0.717) is 17.0 Å². The number of hydrogen-bond acceptors (Lipinski definition) is 5. The molecule has 0 atom stereocenters. The molecule has 0 saturated heterocycles. The molecular weight excluding hydrogens is 428 g/mol. The van der Waals surface area contributed by atoms with Crippen LogP contribution in [0.4, 0.5) is 5.69 Å². The van der Waals surface area contributed by atoms with Crippen LogP contribution in [0, 0.1) is 0 Å². The summed E-state index contributed by atoms with van der Waals surface area (Å²) in [5, 5.41) is 2.99. The number of sulfone groups is 1. The third-order valence-electron chi connectivity index (χ3n) is 4.97. The van der Waals surface area contributed by atoms with Gasteiger partial charge in [-0.1, -0.05) is 36.4 Å². The van der Waals surface area contributed by atoms with Gasteiger partial charge in [0.25, 0.3) is 0 Å². The molecule has 0 aliphatic carbocycles. The Labute approximate surface area is 184 Å². The number of hydrogen-bond donors (Lipinski definition) is 1. The Morgan fingerprint density at radius 3 is 2.44 bits per heavy atom. The van der Waals surface area contributed by atoms with Gasteiger partial charge < -0.3 is 14.6 Å². The van der Waals surface area contributed by atoms with Crippen molar-refractivity contribution in [1.29, 1.82) is 0 Å². The van der Waals surface area contributed by atoms with Crippen LogP contribution >= 0.6 is 0 Å². The fraction of sp³-hybridized carbons (Fsp3) is 0.0833. The Morgan fingerprint density at radius 2 is 1.69 bits per heavy atom. The van der Waals surface area contributed by atoms with Crippen molar-refractivity contribution in [3.63, 3.8) is 0 Å². The van der Waals surface area contributed by atoms with Crippen molar-refractivity contribution >= 4 is 32.3 Å². The van der Waals surface area contributed by atoms with Crippen molar-refractivity contribution in [3.8, 4) is 5.75 Å². The van der Waals surface area contributed by atoms with Gasteiger partial charge in [0, 0.05) is 23.3 Å². The number of rotatable bonds is 6. The zero-order valence-electron chi connectivity index (χ0n) is 17.2. The Hall–Kier alpha value is -3.91. The van der Waals surface area contributed by atoms with Crippen LogP contribution in [0.3, 0.4) is 0 Å². The summed E-state index contributed by atoms with van der Waals surface area (Å²) >= 11 is 0. The molecule has 0 unspecified atom stereocenters. The molecule has 0 spiro atoms. The predicted molar refractivity (Wildman–Crippen MR) is 122 cm³/mol. The van der Waals surface area contributed by atoms with Gasteiger partial charge in [0.05, 0.1) is 17.5 Å². The van der Waals surface area contributed by atoms with Crippen LogP contribution in [-0.4, -0.2) is 26.0 Å². The molecule has 1 N–H and O–H groups in total. The van der Waals surface area contributed by atoms with Crippen molar-refractivity contribution < 1.29 is 17.9 Å². The lowest BCUT2D eigenvalue weighted by molar-refractivity contribution is -0.116. The molecule has 8 heteroatoms. The standard InChI is InChI=1S/C24H20N2O5S/c1-31-18-9-7-8-17(14-18)25-23(27)16-26-15-22(24(28)20-12-5-6-13-21(20)26)32(29,30)19-10-3-2-4-11-19/h2-15H,16H2,1H3,(H,25,27). The van der Waals surface area contributed by atoms with Gasteiger partial charge in [-0.2, -0.15) is 0 Å². The highest BCUT2D eigenvalue weighted by Crippen LogP contribution is 2.21. The number of pyridine rings is 1. The SMILES string of the molecule is COc1cccc(NC(=O)Cn2cc(S(=O)(=O)c3ccccc3)c(=O)c3ccccc32)c1. The summed E-state index contributed by atoms with van der Waals surface area (Å²) < 4.78 is 33.0. The van der Waals surface area contributed by atoms with Gasteiger partial charge in [-0.15, -0.1) is 0 Å². The second-order valence-corrected chi connectivity index (χ2v) is 8.98. The zero-order valence-corrected chi connectivity index (χ0v) is 18.0. The summed E-state index contributed by atoms with van der Waals surface area (Å²) in [6.45, 7) is -0.185. The van der Waals surface area contributed by atoms with Gasteiger partial charge in [0.15, 0.2) is 0 Å². The van der Waals surface area contributed by atoms with Crippen LogP contribution < -0.4 is 15.5 Å². The van der Waals surface area contributed by atoms with Crippen LogP contribution in [-0.2, 0) is 21.2 Å². The minimum atomic E-state index is -4.07. The molecule has 0 fully saturated rings. The van der Waals surface area contributed by atoms with E-state index >= 15 is 0 Å². The molecule has 0 aliphatic rings. The molecule has 0 aliphatic heterocycles. The number of anilines is 1. The van der Waals surface area contributed by atoms with Crippen molar-refractivity contribution in [3.05, 3.63) is 95.3 Å². The van der Waals surface area contributed by atoms with E-state index in [1.807, 2.05) is 0 Å². The van der Waals surface area contributed by atoms with Crippen molar-refractivity contribution in [1.82, 2.24) is 4.57 Å². The van der Waals surface area contributed by atoms with Gasteiger partial charge >= 0.3 is 0 Å². The van der Waals surface area contributed by atoms with Crippen molar-refractivity contribution in [2.24, 2.45) is 0 Å². The first kappa shape index (κ1) is 21.3. The second kappa shape index (κ2) is 8.68. The molecule has 1 heterocycles. The van der Waals surface area contributed by atoms with Gasteiger partial charge in [-0.3, -0.25) is 9.59 Å². The number of amides is 1. The normalized spacial score (nSPS) is 11.3. The molecule has 0 saturated carbocycles. The summed E-state index contributed by atoms with van der Waals surface area (Å²) in [4.78, 5) is 25.4. The summed E-state index contributed by atoms with van der Waals surface area (Å²) in [5.41, 5.74) is 0.399. The number of methoxy groups -OCH3 is 1. The molecule has 0 bridgehead atoms. The maximum atomic E-state index is 13.2. The largest absolute Gasteiger partial charge is 0.497 e. The van der Waals surface area contributed by atoms with Crippen LogP contribution in [0.5, 0.6) is 5.75 Å². The minimum Gasteiger partial charge on any atom is -0.497 e. The van der Waals surface area contributed by atoms with Crippen LogP contribution in [0.15, 0.2) is 99.6 Å².